The van der Waals surface area contributed by atoms with Gasteiger partial charge in [-0.25, -0.2) is 0 Å². The summed E-state index contributed by atoms with van der Waals surface area (Å²) in [6.45, 7) is 2.71. The fourth-order valence-corrected chi connectivity index (χ4v) is 4.75. The summed E-state index contributed by atoms with van der Waals surface area (Å²) in [7, 11) is 0. The number of β-lactam (4-membered cyclic amide) rings is 1. The van der Waals surface area contributed by atoms with E-state index in [0.717, 1.165) is 16.8 Å². The second kappa shape index (κ2) is 11.1. The number of ether oxygens (including phenoxy) is 2. The van der Waals surface area contributed by atoms with Crippen LogP contribution in [0.25, 0.3) is 0 Å². The number of carbonyl (C=O) groups excluding carboxylic acids is 3. The predicted octanol–water partition coefficient (Wildman–Crippen LogP) is 6.71. The number of hydrogen-bond acceptors (Lipinski definition) is 5. The number of carbonyl (C=O) groups is 3. The van der Waals surface area contributed by atoms with Crippen LogP contribution in [0.2, 0.25) is 10.0 Å². The van der Waals surface area contributed by atoms with E-state index in [0.29, 0.717) is 28.6 Å². The first kappa shape index (κ1) is 25.7. The van der Waals surface area contributed by atoms with E-state index >= 15 is 0 Å². The molecule has 4 rings (SSSR count). The van der Waals surface area contributed by atoms with E-state index in [1.165, 1.54) is 13.8 Å². The molecule has 1 heterocycles. The summed E-state index contributed by atoms with van der Waals surface area (Å²) >= 11 is 12.1. The molecule has 3 aromatic carbocycles. The lowest BCUT2D eigenvalue weighted by atomic mass is 9.78. The number of halogens is 2. The van der Waals surface area contributed by atoms with Crippen LogP contribution in [0.15, 0.2) is 72.8 Å². The number of anilines is 1. The van der Waals surface area contributed by atoms with E-state index in [2.05, 4.69) is 0 Å². The van der Waals surface area contributed by atoms with Crippen LogP contribution in [-0.4, -0.2) is 17.8 Å². The van der Waals surface area contributed by atoms with Crippen molar-refractivity contribution in [3.05, 3.63) is 94.0 Å². The Bertz CT molecular complexity index is 1240. The summed E-state index contributed by atoms with van der Waals surface area (Å²) < 4.78 is 10.7. The van der Waals surface area contributed by atoms with Gasteiger partial charge >= 0.3 is 11.9 Å². The van der Waals surface area contributed by atoms with Crippen molar-refractivity contribution in [2.75, 3.05) is 4.90 Å². The highest BCUT2D eigenvalue weighted by Gasteiger charge is 2.48. The average Bonchev–Trinajstić information content (AvgIpc) is 2.83. The van der Waals surface area contributed by atoms with Gasteiger partial charge in [0.1, 0.15) is 11.9 Å². The van der Waals surface area contributed by atoms with E-state index < -0.39 is 18.0 Å². The summed E-state index contributed by atoms with van der Waals surface area (Å²) in [6, 6.07) is 21.2. The first-order valence-electron chi connectivity index (χ1n) is 11.5. The van der Waals surface area contributed by atoms with Crippen molar-refractivity contribution >= 4 is 46.7 Å². The van der Waals surface area contributed by atoms with E-state index in [1.54, 1.807) is 41.3 Å². The maximum Gasteiger partial charge on any atom is 0.308 e. The number of benzene rings is 3. The first-order chi connectivity index (χ1) is 17.2. The van der Waals surface area contributed by atoms with Crippen molar-refractivity contribution in [2.24, 2.45) is 5.92 Å². The molecule has 0 N–H and O–H groups in total. The van der Waals surface area contributed by atoms with Gasteiger partial charge in [-0.2, -0.15) is 0 Å². The lowest BCUT2D eigenvalue weighted by Gasteiger charge is -2.48. The number of hydrogen-bond donors (Lipinski definition) is 0. The molecule has 0 aromatic heterocycles. The lowest BCUT2D eigenvalue weighted by Crippen LogP contribution is -2.55. The fourth-order valence-electron chi connectivity index (χ4n) is 4.50. The van der Waals surface area contributed by atoms with Crippen LogP contribution in [0.1, 0.15) is 50.0 Å². The zero-order valence-corrected chi connectivity index (χ0v) is 21.3. The minimum atomic E-state index is -0.496. The molecule has 0 aliphatic carbocycles. The molecule has 1 unspecified atom stereocenters. The van der Waals surface area contributed by atoms with Gasteiger partial charge in [-0.05, 0) is 72.5 Å². The predicted molar refractivity (Wildman–Crippen MR) is 138 cm³/mol. The molecule has 3 atom stereocenters. The van der Waals surface area contributed by atoms with Gasteiger partial charge in [-0.15, -0.1) is 0 Å². The zero-order valence-electron chi connectivity index (χ0n) is 19.8. The fraction of sp³-hybridized carbons (Fsp3) is 0.250. The Balaban J connectivity index is 1.59. The molecule has 1 saturated heterocycles. The SMILES string of the molecule is CC(=O)Oc1ccc([C@@H]2C(CC[C@@H](OC(C)=O)c3ccc(Cl)cc3)C(=O)N2c2ccc(Cl)cc2)cc1. The van der Waals surface area contributed by atoms with E-state index in [1.807, 2.05) is 36.4 Å². The monoisotopic (exact) mass is 525 g/mol. The van der Waals surface area contributed by atoms with Crippen LogP contribution in [0, 0.1) is 5.92 Å². The summed E-state index contributed by atoms with van der Waals surface area (Å²) in [5, 5.41) is 1.17. The maximum absolute atomic E-state index is 13.4. The third-order valence-corrected chi connectivity index (χ3v) is 6.60. The highest BCUT2D eigenvalue weighted by Crippen LogP contribution is 2.47. The second-order valence-corrected chi connectivity index (χ2v) is 9.50. The average molecular weight is 526 g/mol. The number of rotatable bonds is 8. The molecule has 186 valence electrons. The van der Waals surface area contributed by atoms with Gasteiger partial charge in [0.25, 0.3) is 0 Å². The molecular weight excluding hydrogens is 501 g/mol. The van der Waals surface area contributed by atoms with Gasteiger partial charge in [-0.3, -0.25) is 14.4 Å². The normalized spacial score (nSPS) is 17.8. The van der Waals surface area contributed by atoms with E-state index in [9.17, 15) is 14.4 Å². The Morgan fingerprint density at radius 2 is 1.44 bits per heavy atom. The van der Waals surface area contributed by atoms with Crippen LogP contribution in [0.5, 0.6) is 5.75 Å². The minimum Gasteiger partial charge on any atom is -0.458 e. The molecular formula is C28H25Cl2NO5. The highest BCUT2D eigenvalue weighted by atomic mass is 35.5. The van der Waals surface area contributed by atoms with Crippen molar-refractivity contribution < 1.29 is 23.9 Å². The first-order valence-corrected chi connectivity index (χ1v) is 12.3. The van der Waals surface area contributed by atoms with Crippen molar-refractivity contribution in [1.29, 1.82) is 0 Å². The third kappa shape index (κ3) is 5.89. The Hall–Kier alpha value is -3.35. The largest absolute Gasteiger partial charge is 0.458 e. The molecule has 3 aromatic rings. The molecule has 1 amide bonds. The molecule has 8 heteroatoms. The van der Waals surface area contributed by atoms with Crippen LogP contribution >= 0.6 is 23.2 Å². The van der Waals surface area contributed by atoms with Crippen LogP contribution in [-0.2, 0) is 19.1 Å². The molecule has 0 bridgehead atoms. The Kier molecular flexibility index (Phi) is 7.97. The second-order valence-electron chi connectivity index (χ2n) is 8.63. The topological polar surface area (TPSA) is 72.9 Å². The molecule has 36 heavy (non-hydrogen) atoms. The standard InChI is InChI=1S/C28H25Cl2NO5/c1-17(32)35-24-13-5-20(6-14-24)27-25(28(34)31(27)23-11-9-22(30)10-12-23)15-16-26(36-18(2)33)19-3-7-21(29)8-4-19/h3-14,25-27H,15-16H2,1-2H3/t25?,26-,27-/m1/s1. The van der Waals surface area contributed by atoms with Gasteiger partial charge in [0.2, 0.25) is 5.91 Å². The smallest absolute Gasteiger partial charge is 0.308 e. The van der Waals surface area contributed by atoms with E-state index in [4.69, 9.17) is 32.7 Å². The maximum atomic E-state index is 13.4. The van der Waals surface area contributed by atoms with Gasteiger partial charge in [0.05, 0.1) is 12.0 Å². The van der Waals surface area contributed by atoms with Crippen molar-refractivity contribution in [3.63, 3.8) is 0 Å². The molecule has 1 aliphatic heterocycles. The van der Waals surface area contributed by atoms with Gasteiger partial charge < -0.3 is 14.4 Å². The van der Waals surface area contributed by atoms with E-state index in [-0.39, 0.29) is 17.9 Å². The third-order valence-electron chi connectivity index (χ3n) is 6.09. The Morgan fingerprint density at radius 1 is 0.861 bits per heavy atom. The number of esters is 2. The molecule has 6 nitrogen and oxygen atoms in total. The van der Waals surface area contributed by atoms with Crippen molar-refractivity contribution in [3.8, 4) is 5.75 Å². The van der Waals surface area contributed by atoms with Crippen LogP contribution < -0.4 is 9.64 Å². The van der Waals surface area contributed by atoms with Crippen molar-refractivity contribution in [2.45, 2.75) is 38.8 Å². The number of amides is 1. The Labute approximate surface area is 219 Å². The molecule has 1 aliphatic rings. The van der Waals surface area contributed by atoms with Crippen LogP contribution in [0.4, 0.5) is 5.69 Å². The van der Waals surface area contributed by atoms with Crippen LogP contribution in [0.3, 0.4) is 0 Å². The molecule has 0 saturated carbocycles. The quantitative estimate of drug-likeness (QED) is 0.185. The van der Waals surface area contributed by atoms with Crippen molar-refractivity contribution in [1.82, 2.24) is 0 Å². The number of nitrogens with zero attached hydrogens (tertiary/aromatic N) is 1. The molecule has 0 radical (unpaired) electrons. The minimum absolute atomic E-state index is 0.0240. The molecule has 1 fully saturated rings. The zero-order chi connectivity index (χ0) is 25.8. The lowest BCUT2D eigenvalue weighted by molar-refractivity contribution is -0.147. The summed E-state index contributed by atoms with van der Waals surface area (Å²) in [4.78, 5) is 38.2. The summed E-state index contributed by atoms with van der Waals surface area (Å²) in [5.74, 6) is -0.713. The van der Waals surface area contributed by atoms with Gasteiger partial charge in [-0.1, -0.05) is 47.5 Å². The summed E-state index contributed by atoms with van der Waals surface area (Å²) in [6.07, 6.45) is 0.470. The van der Waals surface area contributed by atoms with Gasteiger partial charge in [0.15, 0.2) is 0 Å². The Morgan fingerprint density at radius 3 is 2.00 bits per heavy atom. The highest BCUT2D eigenvalue weighted by molar-refractivity contribution is 6.30. The molecule has 0 spiro atoms. The van der Waals surface area contributed by atoms with Gasteiger partial charge in [0, 0.05) is 29.6 Å². The summed E-state index contributed by atoms with van der Waals surface area (Å²) in [5.41, 5.74) is 2.46.